The van der Waals surface area contributed by atoms with Crippen LogP contribution in [0.1, 0.15) is 19.1 Å². The summed E-state index contributed by atoms with van der Waals surface area (Å²) in [6.07, 6.45) is 0.528. The van der Waals surface area contributed by atoms with Gasteiger partial charge >= 0.3 is 80.0 Å². The number of phosphoric ester groups is 1. The summed E-state index contributed by atoms with van der Waals surface area (Å²) in [6.45, 7) is -0.580. The number of ether oxygens (including phenoxy) is 1. The zero-order valence-corrected chi connectivity index (χ0v) is 20.4. The third-order valence-electron chi connectivity index (χ3n) is 3.69. The molecule has 0 amide bonds. The first-order valence-corrected chi connectivity index (χ1v) is 12.4. The molecular weight excluding hydrogens is 496 g/mol. The average molecular weight is 512 g/mol. The Morgan fingerprint density at radius 2 is 1.76 bits per heavy atom. The molecule has 0 bridgehead atoms. The van der Waals surface area contributed by atoms with E-state index < -0.39 is 48.0 Å². The number of nitrogens with zero attached hydrogens (tertiary/aromatic N) is 3. The third-order valence-corrected chi connectivity index (χ3v) is 7.49. The van der Waals surface area contributed by atoms with Gasteiger partial charge in [0.25, 0.3) is 5.56 Å². The topological polar surface area (TPSA) is 259 Å². The van der Waals surface area contributed by atoms with Gasteiger partial charge in [-0.25, -0.2) is 18.7 Å². The molecule has 2 unspecified atom stereocenters. The Labute approximate surface area is 221 Å². The van der Waals surface area contributed by atoms with E-state index in [4.69, 9.17) is 25.2 Å². The quantitative estimate of drug-likeness (QED) is 0.142. The second-order valence-electron chi connectivity index (χ2n) is 5.95. The number of nitrogens with one attached hydrogen (secondary N) is 1. The summed E-state index contributed by atoms with van der Waals surface area (Å²) in [5, 5.41) is 0. The maximum Gasteiger partial charge on any atom is 1.00 e. The van der Waals surface area contributed by atoms with E-state index in [-0.39, 0.29) is 73.7 Å². The number of anilines is 1. The van der Waals surface area contributed by atoms with Gasteiger partial charge in [-0.15, -0.1) is 0 Å². The Bertz CT molecular complexity index is 1160. The molecule has 3 heterocycles. The number of hydrogen-bond acceptors (Lipinski definition) is 11. The van der Waals surface area contributed by atoms with Crippen molar-refractivity contribution < 1.29 is 108 Å². The number of rotatable bonds is 8. The van der Waals surface area contributed by atoms with Gasteiger partial charge in [0.05, 0.1) is 19.0 Å². The maximum atomic E-state index is 11.8. The van der Waals surface area contributed by atoms with Crippen LogP contribution in [0.15, 0.2) is 11.1 Å². The molecule has 0 saturated carbocycles. The molecule has 0 aromatic carbocycles. The van der Waals surface area contributed by atoms with Gasteiger partial charge in [0.1, 0.15) is 6.23 Å². The number of imidazole rings is 1. The van der Waals surface area contributed by atoms with Gasteiger partial charge in [0.15, 0.2) is 11.2 Å². The van der Waals surface area contributed by atoms with E-state index in [2.05, 4.69) is 28.1 Å². The van der Waals surface area contributed by atoms with Crippen LogP contribution < -0.4 is 67.9 Å². The van der Waals surface area contributed by atoms with Crippen molar-refractivity contribution in [3.8, 4) is 0 Å². The van der Waals surface area contributed by atoms with Crippen molar-refractivity contribution in [2.45, 2.75) is 25.2 Å². The number of aromatic nitrogens is 4. The molecule has 0 aliphatic carbocycles. The Morgan fingerprint density at radius 3 is 2.36 bits per heavy atom. The van der Waals surface area contributed by atoms with Gasteiger partial charge < -0.3 is 30.0 Å². The molecule has 0 spiro atoms. The maximum absolute atomic E-state index is 11.8. The van der Waals surface area contributed by atoms with Gasteiger partial charge in [-0.05, 0) is 12.8 Å². The minimum Gasteiger partial charge on any atom is -0.369 e. The van der Waals surface area contributed by atoms with E-state index >= 15 is 0 Å². The van der Waals surface area contributed by atoms with E-state index in [9.17, 15) is 23.4 Å². The average Bonchev–Trinajstić information content (AvgIpc) is 3.15. The van der Waals surface area contributed by atoms with Crippen LogP contribution in [0.5, 0.6) is 0 Å². The fourth-order valence-electron chi connectivity index (χ4n) is 2.65. The Hall–Kier alpha value is 0.312. The van der Waals surface area contributed by atoms with Crippen LogP contribution in [0, 0.1) is 0 Å². The van der Waals surface area contributed by atoms with Crippen molar-refractivity contribution in [1.29, 1.82) is 0 Å². The van der Waals surface area contributed by atoms with Gasteiger partial charge in [-0.1, -0.05) is 0 Å². The van der Waals surface area contributed by atoms with E-state index in [0.717, 1.165) is 0 Å². The van der Waals surface area contributed by atoms with Gasteiger partial charge in [0, 0.05) is 0 Å². The summed E-state index contributed by atoms with van der Waals surface area (Å²) in [4.78, 5) is 57.6. The number of nitrogens with two attached hydrogens (primary N) is 1. The van der Waals surface area contributed by atoms with Crippen molar-refractivity contribution in [2.24, 2.45) is 0 Å². The minimum absolute atomic E-state index is 0. The van der Waals surface area contributed by atoms with E-state index in [0.29, 0.717) is 12.8 Å². The molecule has 33 heavy (non-hydrogen) atoms. The first kappa shape index (κ1) is 33.3. The fraction of sp³-hybridized carbons (Fsp3) is 0.500. The molecule has 1 aliphatic rings. The smallest absolute Gasteiger partial charge is 0.369 e. The molecule has 1 saturated heterocycles. The molecule has 1 fully saturated rings. The van der Waals surface area contributed by atoms with E-state index in [1.807, 2.05) is 0 Å². The Balaban J connectivity index is 0.00000341. The summed E-state index contributed by atoms with van der Waals surface area (Å²) in [7, 11) is -16.3. The molecule has 23 heteroatoms. The first-order chi connectivity index (χ1) is 13.7. The predicted molar refractivity (Wildman–Crippen MR) is 95.5 cm³/mol. The van der Waals surface area contributed by atoms with Crippen LogP contribution >= 0.6 is 23.5 Å². The summed E-state index contributed by atoms with van der Waals surface area (Å²) in [5.41, 5.74) is 5.17. The van der Waals surface area contributed by atoms with Gasteiger partial charge in [-0.2, -0.15) is 13.6 Å². The molecule has 0 radical (unpaired) electrons. The second kappa shape index (κ2) is 12.5. The number of aromatic amines is 1. The van der Waals surface area contributed by atoms with Crippen LogP contribution in [0.25, 0.3) is 11.2 Å². The SMILES string of the molecule is Nc1nc2c(ncn2[C@H]2CC[C@@H](COP(=O)(O)OP(=O)(O)OP(=O)(O)O)O2)c(=O)[nH]1.[Li+].[Li+].[Li+]. The van der Waals surface area contributed by atoms with Crippen LogP contribution in [-0.4, -0.2) is 51.8 Å². The number of hydrogen-bond donors (Lipinski definition) is 6. The van der Waals surface area contributed by atoms with Crippen molar-refractivity contribution in [1.82, 2.24) is 19.5 Å². The normalized spacial score (nSPS) is 21.8. The van der Waals surface area contributed by atoms with Gasteiger partial charge in [-0.3, -0.25) is 18.9 Å². The Kier molecular flexibility index (Phi) is 12.6. The molecule has 7 N–H and O–H groups in total. The van der Waals surface area contributed by atoms with Gasteiger partial charge in [0.2, 0.25) is 5.95 Å². The number of fused-ring (bicyclic) bond motifs is 1. The minimum atomic E-state index is -5.59. The van der Waals surface area contributed by atoms with Crippen LogP contribution in [0.3, 0.4) is 0 Å². The molecular formula is C10H16Li3N5O12P3+3. The van der Waals surface area contributed by atoms with Crippen molar-refractivity contribution in [2.75, 3.05) is 12.3 Å². The number of nitrogen functional groups attached to an aromatic ring is 1. The summed E-state index contributed by atoms with van der Waals surface area (Å²) >= 11 is 0. The summed E-state index contributed by atoms with van der Waals surface area (Å²) < 4.78 is 52.5. The molecule has 2 aromatic rings. The van der Waals surface area contributed by atoms with Crippen molar-refractivity contribution >= 4 is 40.6 Å². The number of H-pyrrole nitrogens is 1. The summed E-state index contributed by atoms with van der Waals surface area (Å²) in [6, 6.07) is 0. The third kappa shape index (κ3) is 9.36. The van der Waals surface area contributed by atoms with Crippen molar-refractivity contribution in [3.05, 3.63) is 16.7 Å². The standard InChI is InChI=1S/C10H16N5O12P3.3Li/c11-10-13-8-7(9(16)14-10)12-4-15(8)6-2-1-5(25-6)3-24-29(20,21)27-30(22,23)26-28(17,18)19;;;/h4-6H,1-3H2,(H,20,21)(H,22,23)(H2,17,18,19)(H3,11,13,14,16);;;/q;3*+1/t5-,6+;;;/m0.../s1. The molecule has 2 aromatic heterocycles. The molecule has 1 aliphatic heterocycles. The van der Waals surface area contributed by atoms with Crippen molar-refractivity contribution in [3.63, 3.8) is 0 Å². The molecule has 168 valence electrons. The molecule has 4 atom stereocenters. The summed E-state index contributed by atoms with van der Waals surface area (Å²) in [5.74, 6) is -0.128. The van der Waals surface area contributed by atoms with Crippen LogP contribution in [0.4, 0.5) is 5.95 Å². The van der Waals surface area contributed by atoms with E-state index in [1.165, 1.54) is 10.9 Å². The largest absolute Gasteiger partial charge is 1.00 e. The first-order valence-electron chi connectivity index (χ1n) is 7.91. The fourth-order valence-corrected chi connectivity index (χ4v) is 5.70. The Morgan fingerprint density at radius 1 is 1.12 bits per heavy atom. The van der Waals surface area contributed by atoms with E-state index in [1.54, 1.807) is 0 Å². The monoisotopic (exact) mass is 512 g/mol. The molecule has 17 nitrogen and oxygen atoms in total. The van der Waals surface area contributed by atoms with Crippen LogP contribution in [-0.2, 0) is 31.6 Å². The number of phosphoric acid groups is 3. The van der Waals surface area contributed by atoms with Crippen LogP contribution in [0.2, 0.25) is 0 Å². The second-order valence-corrected chi connectivity index (χ2v) is 10.4. The zero-order chi connectivity index (χ0) is 22.3. The zero-order valence-electron chi connectivity index (χ0n) is 17.7. The molecule has 3 rings (SSSR count). The predicted octanol–water partition coefficient (Wildman–Crippen LogP) is -9.27.